The second-order valence-corrected chi connectivity index (χ2v) is 5.07. The van der Waals surface area contributed by atoms with E-state index in [-0.39, 0.29) is 12.5 Å². The van der Waals surface area contributed by atoms with E-state index in [1.54, 1.807) is 38.2 Å². The van der Waals surface area contributed by atoms with E-state index >= 15 is 0 Å². The van der Waals surface area contributed by atoms with Crippen LogP contribution in [0.1, 0.15) is 30.6 Å². The topological polar surface area (TPSA) is 95.1 Å². The summed E-state index contributed by atoms with van der Waals surface area (Å²) in [7, 11) is 0. The number of aromatic nitrogens is 2. The molecule has 0 aliphatic heterocycles. The molecule has 3 N–H and O–H groups in total. The molecular formula is C14H17N3O3. The molecule has 1 atom stereocenters. The summed E-state index contributed by atoms with van der Waals surface area (Å²) in [6.45, 7) is 3.51. The van der Waals surface area contributed by atoms with Crippen LogP contribution >= 0.6 is 0 Å². The van der Waals surface area contributed by atoms with Crippen LogP contribution in [-0.4, -0.2) is 33.7 Å². The first-order valence-corrected chi connectivity index (χ1v) is 6.41. The Balaban J connectivity index is 2.10. The van der Waals surface area contributed by atoms with Crippen molar-refractivity contribution in [3.63, 3.8) is 0 Å². The second-order valence-electron chi connectivity index (χ2n) is 5.07. The normalized spacial score (nSPS) is 13.9. The number of carboxylic acids is 1. The number of H-pyrrole nitrogens is 1. The summed E-state index contributed by atoms with van der Waals surface area (Å²) in [4.78, 5) is 23.2. The van der Waals surface area contributed by atoms with E-state index in [0.717, 1.165) is 10.9 Å². The van der Waals surface area contributed by atoms with Crippen molar-refractivity contribution in [3.8, 4) is 0 Å². The molecule has 0 aliphatic carbocycles. The lowest BCUT2D eigenvalue weighted by Gasteiger charge is -2.23. The Morgan fingerprint density at radius 1 is 1.45 bits per heavy atom. The lowest BCUT2D eigenvalue weighted by molar-refractivity contribution is -0.147. The number of carbonyl (C=O) groups is 2. The monoisotopic (exact) mass is 275 g/mol. The first-order valence-electron chi connectivity index (χ1n) is 6.41. The van der Waals surface area contributed by atoms with Gasteiger partial charge in [0.15, 0.2) is 0 Å². The molecule has 1 unspecified atom stereocenters. The Kier molecular flexibility index (Phi) is 3.74. The third-order valence-corrected chi connectivity index (χ3v) is 3.64. The van der Waals surface area contributed by atoms with Crippen LogP contribution in [0.3, 0.4) is 0 Å². The van der Waals surface area contributed by atoms with Crippen molar-refractivity contribution in [1.29, 1.82) is 0 Å². The summed E-state index contributed by atoms with van der Waals surface area (Å²) in [5.74, 6) is -1.19. The molecule has 1 aromatic heterocycles. The van der Waals surface area contributed by atoms with Gasteiger partial charge in [0.25, 0.3) is 5.91 Å². The van der Waals surface area contributed by atoms with Gasteiger partial charge in [-0.25, -0.2) is 0 Å². The number of amides is 1. The summed E-state index contributed by atoms with van der Waals surface area (Å²) >= 11 is 0. The van der Waals surface area contributed by atoms with Crippen LogP contribution in [0.2, 0.25) is 0 Å². The van der Waals surface area contributed by atoms with Crippen molar-refractivity contribution in [2.75, 3.05) is 6.54 Å². The van der Waals surface area contributed by atoms with E-state index in [9.17, 15) is 9.59 Å². The minimum Gasteiger partial charge on any atom is -0.481 e. The molecule has 1 heterocycles. The van der Waals surface area contributed by atoms with Gasteiger partial charge in [0.2, 0.25) is 0 Å². The third kappa shape index (κ3) is 2.64. The van der Waals surface area contributed by atoms with Crippen LogP contribution in [0.4, 0.5) is 0 Å². The van der Waals surface area contributed by atoms with Gasteiger partial charge in [-0.2, -0.15) is 5.10 Å². The molecule has 106 valence electrons. The van der Waals surface area contributed by atoms with Gasteiger partial charge in [-0.15, -0.1) is 0 Å². The quantitative estimate of drug-likeness (QED) is 0.775. The number of fused-ring (bicyclic) bond motifs is 1. The van der Waals surface area contributed by atoms with E-state index in [4.69, 9.17) is 5.11 Å². The maximum absolute atomic E-state index is 12.1. The predicted molar refractivity (Wildman–Crippen MR) is 74.5 cm³/mol. The molecule has 0 fully saturated rings. The average Bonchev–Trinajstić information content (AvgIpc) is 2.91. The van der Waals surface area contributed by atoms with Crippen molar-refractivity contribution >= 4 is 22.8 Å². The Bertz CT molecular complexity index is 650. The van der Waals surface area contributed by atoms with Crippen molar-refractivity contribution in [2.45, 2.75) is 20.3 Å². The third-order valence-electron chi connectivity index (χ3n) is 3.64. The van der Waals surface area contributed by atoms with Crippen LogP contribution in [0, 0.1) is 5.41 Å². The predicted octanol–water partition coefficient (Wildman–Crippen LogP) is 1.79. The molecule has 0 bridgehead atoms. The Hall–Kier alpha value is -2.37. The average molecular weight is 275 g/mol. The molecular weight excluding hydrogens is 258 g/mol. The summed E-state index contributed by atoms with van der Waals surface area (Å²) in [5.41, 5.74) is 0.392. The lowest BCUT2D eigenvalue weighted by Crippen LogP contribution is -2.40. The lowest BCUT2D eigenvalue weighted by atomic mass is 9.87. The van der Waals surface area contributed by atoms with Gasteiger partial charge in [-0.05, 0) is 31.5 Å². The van der Waals surface area contributed by atoms with Gasteiger partial charge >= 0.3 is 5.97 Å². The van der Waals surface area contributed by atoms with E-state index in [2.05, 4.69) is 15.5 Å². The fraction of sp³-hybridized carbons (Fsp3) is 0.357. The first kappa shape index (κ1) is 14.0. The number of carboxylic acid groups (broad SMARTS) is 1. The van der Waals surface area contributed by atoms with Crippen LogP contribution in [0.15, 0.2) is 24.4 Å². The highest BCUT2D eigenvalue weighted by Gasteiger charge is 2.31. The largest absolute Gasteiger partial charge is 0.481 e. The second kappa shape index (κ2) is 5.32. The summed E-state index contributed by atoms with van der Waals surface area (Å²) in [6.07, 6.45) is 2.09. The van der Waals surface area contributed by atoms with Crippen LogP contribution < -0.4 is 5.32 Å². The van der Waals surface area contributed by atoms with Gasteiger partial charge in [-0.1, -0.05) is 6.92 Å². The van der Waals surface area contributed by atoms with E-state index < -0.39 is 11.4 Å². The van der Waals surface area contributed by atoms with Crippen LogP contribution in [0.5, 0.6) is 0 Å². The fourth-order valence-corrected chi connectivity index (χ4v) is 1.81. The zero-order valence-electron chi connectivity index (χ0n) is 11.4. The fourth-order valence-electron chi connectivity index (χ4n) is 1.81. The molecule has 20 heavy (non-hydrogen) atoms. The molecule has 6 nitrogen and oxygen atoms in total. The number of carbonyl (C=O) groups excluding carboxylic acids is 1. The smallest absolute Gasteiger partial charge is 0.311 e. The van der Waals surface area contributed by atoms with Crippen molar-refractivity contribution in [3.05, 3.63) is 30.0 Å². The Morgan fingerprint density at radius 3 is 2.85 bits per heavy atom. The SMILES string of the molecule is CCC(C)(CNC(=O)c1ccc2[nH]ncc2c1)C(=O)O. The number of nitrogens with zero attached hydrogens (tertiary/aromatic N) is 1. The minimum atomic E-state index is -0.949. The maximum atomic E-state index is 12.1. The Morgan fingerprint density at radius 2 is 2.20 bits per heavy atom. The van der Waals surface area contributed by atoms with Crippen molar-refractivity contribution in [2.24, 2.45) is 5.41 Å². The zero-order valence-corrected chi connectivity index (χ0v) is 11.4. The molecule has 0 saturated heterocycles. The van der Waals surface area contributed by atoms with Gasteiger partial charge in [-0.3, -0.25) is 14.7 Å². The Labute approximate surface area is 116 Å². The highest BCUT2D eigenvalue weighted by atomic mass is 16.4. The number of rotatable bonds is 5. The zero-order chi connectivity index (χ0) is 14.8. The molecule has 6 heteroatoms. The molecule has 1 amide bonds. The van der Waals surface area contributed by atoms with Gasteiger partial charge in [0.1, 0.15) is 0 Å². The van der Waals surface area contributed by atoms with Crippen LogP contribution in [0.25, 0.3) is 10.9 Å². The molecule has 0 spiro atoms. The van der Waals surface area contributed by atoms with Gasteiger partial charge < -0.3 is 10.4 Å². The molecule has 2 rings (SSSR count). The number of aliphatic carboxylic acids is 1. The highest BCUT2D eigenvalue weighted by molar-refractivity contribution is 5.98. The maximum Gasteiger partial charge on any atom is 0.311 e. The number of hydrogen-bond acceptors (Lipinski definition) is 3. The minimum absolute atomic E-state index is 0.0983. The van der Waals surface area contributed by atoms with Crippen LogP contribution in [-0.2, 0) is 4.79 Å². The van der Waals surface area contributed by atoms with Crippen molar-refractivity contribution in [1.82, 2.24) is 15.5 Å². The molecule has 0 saturated carbocycles. The van der Waals surface area contributed by atoms with E-state index in [1.807, 2.05) is 0 Å². The number of nitrogens with one attached hydrogen (secondary N) is 2. The van der Waals surface area contributed by atoms with E-state index in [1.165, 1.54) is 0 Å². The molecule has 1 aromatic carbocycles. The molecule has 0 radical (unpaired) electrons. The number of hydrogen-bond donors (Lipinski definition) is 3. The van der Waals surface area contributed by atoms with Crippen molar-refractivity contribution < 1.29 is 14.7 Å². The summed E-state index contributed by atoms with van der Waals surface area (Å²) in [5, 5.41) is 19.4. The molecule has 0 aliphatic rings. The highest BCUT2D eigenvalue weighted by Crippen LogP contribution is 2.20. The number of benzene rings is 1. The molecule has 2 aromatic rings. The standard InChI is InChI=1S/C14H17N3O3/c1-3-14(2,13(19)20)8-15-12(18)9-4-5-11-10(6-9)7-16-17-11/h4-7H,3,8H2,1-2H3,(H,15,18)(H,16,17)(H,19,20). The van der Waals surface area contributed by atoms with Gasteiger partial charge in [0.05, 0.1) is 17.1 Å². The first-order chi connectivity index (χ1) is 9.46. The van der Waals surface area contributed by atoms with E-state index in [0.29, 0.717) is 12.0 Å². The summed E-state index contributed by atoms with van der Waals surface area (Å²) in [6, 6.07) is 5.17. The van der Waals surface area contributed by atoms with Gasteiger partial charge in [0, 0.05) is 17.5 Å². The number of aromatic amines is 1. The summed E-state index contributed by atoms with van der Waals surface area (Å²) < 4.78 is 0.